The Morgan fingerprint density at radius 3 is 2.60 bits per heavy atom. The van der Waals surface area contributed by atoms with Gasteiger partial charge in [0.25, 0.3) is 5.91 Å². The van der Waals surface area contributed by atoms with Crippen molar-refractivity contribution in [3.63, 3.8) is 0 Å². The number of esters is 1. The van der Waals surface area contributed by atoms with Crippen LogP contribution in [0.15, 0.2) is 71.5 Å². The lowest BCUT2D eigenvalue weighted by atomic mass is 10.1. The van der Waals surface area contributed by atoms with Crippen molar-refractivity contribution < 1.29 is 14.3 Å². The molecule has 30 heavy (non-hydrogen) atoms. The zero-order valence-electron chi connectivity index (χ0n) is 16.1. The molecule has 2 heterocycles. The first-order chi connectivity index (χ1) is 14.5. The SMILES string of the molecule is Cc1cc(NC(=O)COC(=O)c2cc(=O)[nH]c3ccccc23)n(-c2ccccc2)n1. The molecule has 0 atom stereocenters. The third-order valence-electron chi connectivity index (χ3n) is 4.40. The molecule has 2 N–H and O–H groups in total. The topological polar surface area (TPSA) is 106 Å². The van der Waals surface area contributed by atoms with Gasteiger partial charge in [0.2, 0.25) is 5.56 Å². The number of hydrogen-bond donors (Lipinski definition) is 2. The predicted molar refractivity (Wildman–Crippen MR) is 112 cm³/mol. The first-order valence-electron chi connectivity index (χ1n) is 9.22. The summed E-state index contributed by atoms with van der Waals surface area (Å²) in [5, 5.41) is 7.62. The number of pyridine rings is 1. The van der Waals surface area contributed by atoms with Crippen molar-refractivity contribution in [2.75, 3.05) is 11.9 Å². The highest BCUT2D eigenvalue weighted by atomic mass is 16.5. The molecule has 0 radical (unpaired) electrons. The largest absolute Gasteiger partial charge is 0.452 e. The summed E-state index contributed by atoms with van der Waals surface area (Å²) in [5.74, 6) is -0.809. The summed E-state index contributed by atoms with van der Waals surface area (Å²) in [6, 6.07) is 19.1. The number of anilines is 1. The molecule has 8 nitrogen and oxygen atoms in total. The van der Waals surface area contributed by atoms with Crippen LogP contribution in [0.3, 0.4) is 0 Å². The number of para-hydroxylation sites is 2. The number of carbonyl (C=O) groups excluding carboxylic acids is 2. The third-order valence-corrected chi connectivity index (χ3v) is 4.40. The minimum absolute atomic E-state index is 0.104. The molecular weight excluding hydrogens is 384 g/mol. The van der Waals surface area contributed by atoms with E-state index in [0.29, 0.717) is 16.7 Å². The number of rotatable bonds is 5. The van der Waals surface area contributed by atoms with Crippen molar-refractivity contribution in [1.82, 2.24) is 14.8 Å². The van der Waals surface area contributed by atoms with Crippen molar-refractivity contribution in [2.45, 2.75) is 6.92 Å². The third kappa shape index (κ3) is 3.97. The molecule has 0 unspecified atom stereocenters. The first-order valence-corrected chi connectivity index (χ1v) is 9.22. The molecular formula is C22H18N4O4. The second kappa shape index (κ2) is 8.04. The summed E-state index contributed by atoms with van der Waals surface area (Å²) in [6.07, 6.45) is 0. The highest BCUT2D eigenvalue weighted by molar-refractivity contribution is 6.04. The van der Waals surface area contributed by atoms with Crippen molar-refractivity contribution >= 4 is 28.6 Å². The Balaban J connectivity index is 1.48. The van der Waals surface area contributed by atoms with E-state index < -0.39 is 24.0 Å². The average Bonchev–Trinajstić information content (AvgIpc) is 3.11. The average molecular weight is 402 g/mol. The second-order valence-electron chi connectivity index (χ2n) is 6.64. The molecule has 4 rings (SSSR count). The summed E-state index contributed by atoms with van der Waals surface area (Å²) >= 11 is 0. The Hall–Kier alpha value is -4.20. The number of nitrogens with zero attached hydrogens (tertiary/aromatic N) is 2. The van der Waals surface area contributed by atoms with Crippen molar-refractivity contribution in [3.05, 3.63) is 88.3 Å². The number of ether oxygens (including phenoxy) is 1. The fourth-order valence-corrected chi connectivity index (χ4v) is 3.12. The van der Waals surface area contributed by atoms with Crippen LogP contribution in [-0.4, -0.2) is 33.2 Å². The molecule has 2 aromatic carbocycles. The Morgan fingerprint density at radius 1 is 1.07 bits per heavy atom. The zero-order chi connectivity index (χ0) is 21.1. The van der Waals surface area contributed by atoms with Gasteiger partial charge in [0.05, 0.1) is 16.9 Å². The normalized spacial score (nSPS) is 10.7. The number of benzene rings is 2. The van der Waals surface area contributed by atoms with E-state index in [-0.39, 0.29) is 5.56 Å². The fourth-order valence-electron chi connectivity index (χ4n) is 3.12. The number of nitrogens with one attached hydrogen (secondary N) is 2. The second-order valence-corrected chi connectivity index (χ2v) is 6.64. The van der Waals surface area contributed by atoms with E-state index >= 15 is 0 Å². The Kier molecular flexibility index (Phi) is 5.13. The van der Waals surface area contributed by atoms with Gasteiger partial charge in [-0.1, -0.05) is 36.4 Å². The van der Waals surface area contributed by atoms with Crippen LogP contribution in [0, 0.1) is 6.92 Å². The number of H-pyrrole nitrogens is 1. The van der Waals surface area contributed by atoms with Crippen LogP contribution < -0.4 is 10.9 Å². The molecule has 2 aromatic heterocycles. The Labute approximate surface area is 171 Å². The molecule has 4 aromatic rings. The molecule has 0 aliphatic carbocycles. The molecule has 0 fully saturated rings. The molecule has 0 spiro atoms. The number of fused-ring (bicyclic) bond motifs is 1. The van der Waals surface area contributed by atoms with E-state index in [0.717, 1.165) is 17.4 Å². The number of aromatic nitrogens is 3. The van der Waals surface area contributed by atoms with Gasteiger partial charge in [0, 0.05) is 23.0 Å². The van der Waals surface area contributed by atoms with E-state index in [1.54, 1.807) is 35.0 Å². The molecule has 0 aliphatic rings. The van der Waals surface area contributed by atoms with Crippen molar-refractivity contribution in [1.29, 1.82) is 0 Å². The molecule has 0 saturated heterocycles. The van der Waals surface area contributed by atoms with Crippen LogP contribution in [0.25, 0.3) is 16.6 Å². The van der Waals surface area contributed by atoms with E-state index in [4.69, 9.17) is 4.74 Å². The maximum atomic E-state index is 12.5. The van der Waals surface area contributed by atoms with Gasteiger partial charge >= 0.3 is 5.97 Å². The van der Waals surface area contributed by atoms with E-state index in [1.807, 2.05) is 37.3 Å². The highest BCUT2D eigenvalue weighted by Crippen LogP contribution is 2.18. The van der Waals surface area contributed by atoms with Crippen LogP contribution >= 0.6 is 0 Å². The van der Waals surface area contributed by atoms with Gasteiger partial charge in [-0.25, -0.2) is 9.48 Å². The van der Waals surface area contributed by atoms with E-state index in [2.05, 4.69) is 15.4 Å². The molecule has 0 saturated carbocycles. The Morgan fingerprint density at radius 2 is 1.80 bits per heavy atom. The van der Waals surface area contributed by atoms with Crippen LogP contribution in [-0.2, 0) is 9.53 Å². The lowest BCUT2D eigenvalue weighted by Gasteiger charge is -2.10. The number of aromatic amines is 1. The van der Waals surface area contributed by atoms with Crippen LogP contribution in [0.5, 0.6) is 0 Å². The van der Waals surface area contributed by atoms with Crippen LogP contribution in [0.2, 0.25) is 0 Å². The molecule has 0 bridgehead atoms. The summed E-state index contributed by atoms with van der Waals surface area (Å²) in [6.45, 7) is 1.31. The summed E-state index contributed by atoms with van der Waals surface area (Å²) in [4.78, 5) is 39.3. The lowest BCUT2D eigenvalue weighted by molar-refractivity contribution is -0.119. The van der Waals surface area contributed by atoms with Gasteiger partial charge in [-0.3, -0.25) is 9.59 Å². The van der Waals surface area contributed by atoms with Crippen LogP contribution in [0.4, 0.5) is 5.82 Å². The lowest BCUT2D eigenvalue weighted by Crippen LogP contribution is -2.23. The monoisotopic (exact) mass is 402 g/mol. The van der Waals surface area contributed by atoms with Gasteiger partial charge in [-0.2, -0.15) is 5.10 Å². The molecule has 8 heteroatoms. The smallest absolute Gasteiger partial charge is 0.339 e. The summed E-state index contributed by atoms with van der Waals surface area (Å²) < 4.78 is 6.74. The highest BCUT2D eigenvalue weighted by Gasteiger charge is 2.16. The van der Waals surface area contributed by atoms with Gasteiger partial charge in [0.15, 0.2) is 6.61 Å². The molecule has 0 aliphatic heterocycles. The first kappa shape index (κ1) is 19.1. The minimum Gasteiger partial charge on any atom is -0.452 e. The maximum absolute atomic E-state index is 12.5. The number of amides is 1. The Bertz CT molecular complexity index is 1290. The van der Waals surface area contributed by atoms with Crippen molar-refractivity contribution in [2.24, 2.45) is 0 Å². The van der Waals surface area contributed by atoms with E-state index in [1.165, 1.54) is 0 Å². The fraction of sp³-hybridized carbons (Fsp3) is 0.0909. The standard InChI is InChI=1S/C22H18N4O4/c1-14-11-19(26(25-14)15-7-3-2-4-8-15)24-21(28)13-30-22(29)17-12-20(27)23-18-10-6-5-9-16(17)18/h2-12H,13H2,1H3,(H,23,27)(H,24,28). The molecule has 1 amide bonds. The maximum Gasteiger partial charge on any atom is 0.339 e. The number of carbonyl (C=O) groups is 2. The summed E-state index contributed by atoms with van der Waals surface area (Å²) in [7, 11) is 0. The van der Waals surface area contributed by atoms with Gasteiger partial charge in [-0.15, -0.1) is 0 Å². The van der Waals surface area contributed by atoms with Gasteiger partial charge in [-0.05, 0) is 25.1 Å². The molecule has 150 valence electrons. The van der Waals surface area contributed by atoms with Gasteiger partial charge < -0.3 is 15.0 Å². The van der Waals surface area contributed by atoms with Crippen LogP contribution in [0.1, 0.15) is 16.1 Å². The van der Waals surface area contributed by atoms with Crippen molar-refractivity contribution in [3.8, 4) is 5.69 Å². The zero-order valence-corrected chi connectivity index (χ0v) is 16.1. The number of aryl methyl sites for hydroxylation is 1. The quantitative estimate of drug-likeness (QED) is 0.499. The van der Waals surface area contributed by atoms with Gasteiger partial charge in [0.1, 0.15) is 5.82 Å². The minimum atomic E-state index is -0.750. The summed E-state index contributed by atoms with van der Waals surface area (Å²) in [5.41, 5.74) is 1.71. The van der Waals surface area contributed by atoms with E-state index in [9.17, 15) is 14.4 Å². The predicted octanol–water partition coefficient (Wildman–Crippen LogP) is 2.82. The number of hydrogen-bond acceptors (Lipinski definition) is 5.